The highest BCUT2D eigenvalue weighted by atomic mass is 16.5. The van der Waals surface area contributed by atoms with Crippen molar-refractivity contribution in [2.75, 3.05) is 45.9 Å². The van der Waals surface area contributed by atoms with Gasteiger partial charge in [0.25, 0.3) is 0 Å². The molecule has 0 aromatic heterocycles. The monoisotopic (exact) mass is 278 g/mol. The third-order valence-corrected chi connectivity index (χ3v) is 3.41. The first-order chi connectivity index (χ1) is 9.88. The van der Waals surface area contributed by atoms with E-state index in [-0.39, 0.29) is 0 Å². The highest BCUT2D eigenvalue weighted by Crippen LogP contribution is 2.17. The number of benzene rings is 1. The van der Waals surface area contributed by atoms with Crippen molar-refractivity contribution < 1.29 is 9.47 Å². The Hall–Kier alpha value is -1.26. The standard InChI is InChI=1S/C16H26N2O2/c1-2-13-19-15-4-6-16(7-5-15)20-14-12-18-10-3-8-17-9-11-18/h4-7,17H,2-3,8-14H2,1H3. The molecule has 0 aliphatic carbocycles. The molecule has 1 heterocycles. The van der Waals surface area contributed by atoms with Gasteiger partial charge >= 0.3 is 0 Å². The molecule has 1 aliphatic rings. The van der Waals surface area contributed by atoms with E-state index in [1.807, 2.05) is 24.3 Å². The molecule has 1 aliphatic heterocycles. The molecule has 4 nitrogen and oxygen atoms in total. The Labute approximate surface area is 122 Å². The fraction of sp³-hybridized carbons (Fsp3) is 0.625. The van der Waals surface area contributed by atoms with Crippen LogP contribution in [-0.4, -0.2) is 50.8 Å². The molecule has 20 heavy (non-hydrogen) atoms. The summed E-state index contributed by atoms with van der Waals surface area (Å²) >= 11 is 0. The van der Waals surface area contributed by atoms with Crippen LogP contribution in [0.1, 0.15) is 19.8 Å². The summed E-state index contributed by atoms with van der Waals surface area (Å²) in [5.74, 6) is 1.83. The van der Waals surface area contributed by atoms with E-state index in [0.717, 1.165) is 57.3 Å². The lowest BCUT2D eigenvalue weighted by Crippen LogP contribution is -2.31. The Kier molecular flexibility index (Phi) is 6.68. The highest BCUT2D eigenvalue weighted by molar-refractivity contribution is 5.31. The van der Waals surface area contributed by atoms with Gasteiger partial charge in [0.05, 0.1) is 6.61 Å². The van der Waals surface area contributed by atoms with Gasteiger partial charge in [0.15, 0.2) is 0 Å². The SMILES string of the molecule is CCCOc1ccc(OCCN2CCCNCC2)cc1. The molecule has 1 fully saturated rings. The van der Waals surface area contributed by atoms with Gasteiger partial charge < -0.3 is 14.8 Å². The quantitative estimate of drug-likeness (QED) is 0.828. The molecule has 1 saturated heterocycles. The van der Waals surface area contributed by atoms with Crippen LogP contribution in [0, 0.1) is 0 Å². The predicted octanol–water partition coefficient (Wildman–Crippen LogP) is 2.15. The van der Waals surface area contributed by atoms with Crippen molar-refractivity contribution in [1.82, 2.24) is 10.2 Å². The Morgan fingerprint density at radius 3 is 2.40 bits per heavy atom. The van der Waals surface area contributed by atoms with Gasteiger partial charge in [-0.25, -0.2) is 0 Å². The van der Waals surface area contributed by atoms with Crippen molar-refractivity contribution in [3.8, 4) is 11.5 Å². The number of hydrogen-bond donors (Lipinski definition) is 1. The van der Waals surface area contributed by atoms with E-state index in [1.165, 1.54) is 13.0 Å². The molecule has 2 rings (SSSR count). The summed E-state index contributed by atoms with van der Waals surface area (Å²) in [6.45, 7) is 9.12. The minimum Gasteiger partial charge on any atom is -0.494 e. The van der Waals surface area contributed by atoms with Crippen LogP contribution in [0.5, 0.6) is 11.5 Å². The average molecular weight is 278 g/mol. The zero-order chi connectivity index (χ0) is 14.0. The lowest BCUT2D eigenvalue weighted by atomic mass is 10.3. The third-order valence-electron chi connectivity index (χ3n) is 3.41. The van der Waals surface area contributed by atoms with E-state index in [9.17, 15) is 0 Å². The lowest BCUT2D eigenvalue weighted by molar-refractivity contribution is 0.217. The second kappa shape index (κ2) is 8.82. The third kappa shape index (κ3) is 5.39. The molecule has 112 valence electrons. The van der Waals surface area contributed by atoms with Crippen LogP contribution in [0.4, 0.5) is 0 Å². The van der Waals surface area contributed by atoms with Gasteiger partial charge in [-0.1, -0.05) is 6.92 Å². The Bertz CT molecular complexity index is 359. The highest BCUT2D eigenvalue weighted by Gasteiger charge is 2.07. The second-order valence-corrected chi connectivity index (χ2v) is 5.11. The molecule has 1 N–H and O–H groups in total. The average Bonchev–Trinajstić information content (AvgIpc) is 2.75. The van der Waals surface area contributed by atoms with Crippen LogP contribution >= 0.6 is 0 Å². The normalized spacial score (nSPS) is 16.6. The number of hydrogen-bond acceptors (Lipinski definition) is 4. The largest absolute Gasteiger partial charge is 0.494 e. The summed E-state index contributed by atoms with van der Waals surface area (Å²) in [5, 5.41) is 3.41. The molecule has 4 heteroatoms. The second-order valence-electron chi connectivity index (χ2n) is 5.11. The lowest BCUT2D eigenvalue weighted by Gasteiger charge is -2.19. The van der Waals surface area contributed by atoms with Gasteiger partial charge in [-0.15, -0.1) is 0 Å². The summed E-state index contributed by atoms with van der Waals surface area (Å²) in [5.41, 5.74) is 0. The summed E-state index contributed by atoms with van der Waals surface area (Å²) in [6, 6.07) is 7.91. The topological polar surface area (TPSA) is 33.7 Å². The van der Waals surface area contributed by atoms with Gasteiger partial charge in [-0.3, -0.25) is 4.90 Å². The van der Waals surface area contributed by atoms with Crippen LogP contribution in [0.2, 0.25) is 0 Å². The van der Waals surface area contributed by atoms with Crippen molar-refractivity contribution in [2.24, 2.45) is 0 Å². The van der Waals surface area contributed by atoms with E-state index in [4.69, 9.17) is 9.47 Å². The van der Waals surface area contributed by atoms with Crippen LogP contribution in [0.15, 0.2) is 24.3 Å². The smallest absolute Gasteiger partial charge is 0.119 e. The first-order valence-electron chi connectivity index (χ1n) is 7.67. The maximum Gasteiger partial charge on any atom is 0.119 e. The minimum absolute atomic E-state index is 0.745. The van der Waals surface area contributed by atoms with E-state index in [2.05, 4.69) is 17.1 Å². The first-order valence-corrected chi connectivity index (χ1v) is 7.67. The maximum atomic E-state index is 5.79. The summed E-state index contributed by atoms with van der Waals surface area (Å²) in [4.78, 5) is 2.46. The maximum absolute atomic E-state index is 5.79. The fourth-order valence-electron chi connectivity index (χ4n) is 2.27. The van der Waals surface area contributed by atoms with Gasteiger partial charge in [0.2, 0.25) is 0 Å². The molecule has 0 unspecified atom stereocenters. The van der Waals surface area contributed by atoms with E-state index >= 15 is 0 Å². The Morgan fingerprint density at radius 2 is 1.70 bits per heavy atom. The Balaban J connectivity index is 1.68. The van der Waals surface area contributed by atoms with Crippen LogP contribution in [0.25, 0.3) is 0 Å². The van der Waals surface area contributed by atoms with E-state index < -0.39 is 0 Å². The molecular weight excluding hydrogens is 252 g/mol. The van der Waals surface area contributed by atoms with Gasteiger partial charge in [-0.2, -0.15) is 0 Å². The number of rotatable bonds is 7. The first kappa shape index (κ1) is 15.1. The molecule has 0 bridgehead atoms. The molecule has 0 radical (unpaired) electrons. The fourth-order valence-corrected chi connectivity index (χ4v) is 2.27. The van der Waals surface area contributed by atoms with Crippen molar-refractivity contribution in [1.29, 1.82) is 0 Å². The predicted molar refractivity (Wildman–Crippen MR) is 81.6 cm³/mol. The summed E-state index contributed by atoms with van der Waals surface area (Å²) < 4.78 is 11.3. The minimum atomic E-state index is 0.745. The molecule has 0 saturated carbocycles. The molecule has 1 aromatic rings. The zero-order valence-corrected chi connectivity index (χ0v) is 12.4. The zero-order valence-electron chi connectivity index (χ0n) is 12.4. The number of nitrogens with zero attached hydrogens (tertiary/aromatic N) is 1. The number of nitrogens with one attached hydrogen (secondary N) is 1. The van der Waals surface area contributed by atoms with Crippen LogP contribution in [-0.2, 0) is 0 Å². The van der Waals surface area contributed by atoms with Crippen molar-refractivity contribution in [2.45, 2.75) is 19.8 Å². The van der Waals surface area contributed by atoms with Gasteiger partial charge in [-0.05, 0) is 50.2 Å². The van der Waals surface area contributed by atoms with E-state index in [1.54, 1.807) is 0 Å². The molecule has 0 amide bonds. The van der Waals surface area contributed by atoms with Gasteiger partial charge in [0, 0.05) is 19.6 Å². The Morgan fingerprint density at radius 1 is 1.00 bits per heavy atom. The van der Waals surface area contributed by atoms with Crippen molar-refractivity contribution >= 4 is 0 Å². The molecule has 1 aromatic carbocycles. The summed E-state index contributed by atoms with van der Waals surface area (Å²) in [6.07, 6.45) is 2.26. The van der Waals surface area contributed by atoms with Crippen molar-refractivity contribution in [3.05, 3.63) is 24.3 Å². The van der Waals surface area contributed by atoms with Crippen LogP contribution < -0.4 is 14.8 Å². The van der Waals surface area contributed by atoms with Gasteiger partial charge in [0.1, 0.15) is 18.1 Å². The summed E-state index contributed by atoms with van der Waals surface area (Å²) in [7, 11) is 0. The molecule has 0 spiro atoms. The van der Waals surface area contributed by atoms with E-state index in [0.29, 0.717) is 0 Å². The van der Waals surface area contributed by atoms with Crippen molar-refractivity contribution in [3.63, 3.8) is 0 Å². The number of ether oxygens (including phenoxy) is 2. The molecule has 0 atom stereocenters. The molecular formula is C16H26N2O2. The van der Waals surface area contributed by atoms with Crippen LogP contribution in [0.3, 0.4) is 0 Å².